The van der Waals surface area contributed by atoms with Gasteiger partial charge in [0.15, 0.2) is 6.54 Å². The topological polar surface area (TPSA) is 23.8 Å². The van der Waals surface area contributed by atoms with Gasteiger partial charge in [0.05, 0.1) is 13.1 Å². The Bertz CT molecular complexity index is 358. The third-order valence-electron chi connectivity index (χ3n) is 3.53. The maximum Gasteiger partial charge on any atom is 0.166 e. The molecule has 1 fully saturated rings. The molecular weight excluding hydrogens is 196 g/mol. The highest BCUT2D eigenvalue weighted by Gasteiger charge is 2.29. The molecule has 1 aromatic carbocycles. The highest BCUT2D eigenvalue weighted by Crippen LogP contribution is 2.22. The van der Waals surface area contributed by atoms with Crippen LogP contribution in [0, 0.1) is 11.3 Å². The SMILES string of the molecule is N#CC[N+]1(Cc2ccccc2)CCCCC1. The van der Waals surface area contributed by atoms with Crippen LogP contribution in [0.4, 0.5) is 0 Å². The van der Waals surface area contributed by atoms with Gasteiger partial charge in [-0.05, 0) is 19.3 Å². The Morgan fingerprint density at radius 3 is 2.38 bits per heavy atom. The minimum Gasteiger partial charge on any atom is -0.308 e. The van der Waals surface area contributed by atoms with Gasteiger partial charge in [0, 0.05) is 5.56 Å². The molecule has 2 nitrogen and oxygen atoms in total. The molecule has 0 aliphatic carbocycles. The quantitative estimate of drug-likeness (QED) is 0.562. The van der Waals surface area contributed by atoms with E-state index in [0.717, 1.165) is 11.0 Å². The maximum atomic E-state index is 9.00. The number of hydrogen-bond donors (Lipinski definition) is 0. The molecule has 1 aromatic rings. The van der Waals surface area contributed by atoms with Crippen LogP contribution in [-0.2, 0) is 6.54 Å². The molecule has 0 spiro atoms. The maximum absolute atomic E-state index is 9.00. The van der Waals surface area contributed by atoms with E-state index in [1.54, 1.807) is 0 Å². The van der Waals surface area contributed by atoms with Crippen molar-refractivity contribution in [1.29, 1.82) is 5.26 Å². The Kier molecular flexibility index (Phi) is 3.58. The van der Waals surface area contributed by atoms with Crippen LogP contribution in [0.15, 0.2) is 30.3 Å². The smallest absolute Gasteiger partial charge is 0.166 e. The summed E-state index contributed by atoms with van der Waals surface area (Å²) in [6.07, 6.45) is 3.88. The van der Waals surface area contributed by atoms with Crippen LogP contribution in [0.2, 0.25) is 0 Å². The minimum atomic E-state index is 0.662. The van der Waals surface area contributed by atoms with Gasteiger partial charge in [-0.1, -0.05) is 30.3 Å². The molecule has 1 saturated heterocycles. The zero-order valence-electron chi connectivity index (χ0n) is 9.73. The van der Waals surface area contributed by atoms with E-state index in [9.17, 15) is 0 Å². The summed E-state index contributed by atoms with van der Waals surface area (Å²) in [6.45, 7) is 4.02. The van der Waals surface area contributed by atoms with Crippen LogP contribution >= 0.6 is 0 Å². The van der Waals surface area contributed by atoms with Crippen molar-refractivity contribution < 1.29 is 4.48 Å². The van der Waals surface area contributed by atoms with E-state index in [2.05, 4.69) is 30.3 Å². The summed E-state index contributed by atoms with van der Waals surface area (Å²) in [5.74, 6) is 0. The van der Waals surface area contributed by atoms with E-state index < -0.39 is 0 Å². The molecular formula is C14H19N2+. The van der Waals surface area contributed by atoms with Gasteiger partial charge in [0.1, 0.15) is 12.6 Å². The average molecular weight is 215 g/mol. The minimum absolute atomic E-state index is 0.662. The Labute approximate surface area is 97.7 Å². The standard InChI is InChI=1S/C14H19N2/c15-9-12-16(10-5-2-6-11-16)13-14-7-3-1-4-8-14/h1,3-4,7-8H,2,5-6,10-13H2/q+1. The zero-order chi connectivity index (χ0) is 11.3. The molecule has 1 heterocycles. The van der Waals surface area contributed by atoms with E-state index in [4.69, 9.17) is 5.26 Å². The van der Waals surface area contributed by atoms with E-state index in [1.165, 1.54) is 37.9 Å². The molecule has 2 rings (SSSR count). The third kappa shape index (κ3) is 2.62. The molecule has 0 bridgehead atoms. The number of nitriles is 1. The van der Waals surface area contributed by atoms with E-state index in [1.807, 2.05) is 6.07 Å². The normalized spacial score (nSPS) is 18.9. The van der Waals surface area contributed by atoms with Crippen LogP contribution in [0.1, 0.15) is 24.8 Å². The number of hydrogen-bond acceptors (Lipinski definition) is 1. The van der Waals surface area contributed by atoms with Crippen molar-refractivity contribution in [2.45, 2.75) is 25.8 Å². The van der Waals surface area contributed by atoms with Gasteiger partial charge in [0.25, 0.3) is 0 Å². The fraction of sp³-hybridized carbons (Fsp3) is 0.500. The highest BCUT2D eigenvalue weighted by atomic mass is 15.3. The molecule has 0 unspecified atom stereocenters. The summed E-state index contributed by atoms with van der Waals surface area (Å²) in [5.41, 5.74) is 1.36. The number of likely N-dealkylation sites (tertiary alicyclic amines) is 1. The lowest BCUT2D eigenvalue weighted by Gasteiger charge is -2.39. The van der Waals surface area contributed by atoms with Crippen LogP contribution in [0.5, 0.6) is 0 Å². The molecule has 84 valence electrons. The molecule has 0 amide bonds. The molecule has 0 radical (unpaired) electrons. The number of nitrogens with zero attached hydrogens (tertiary/aromatic N) is 2. The molecule has 1 aliphatic rings. The van der Waals surface area contributed by atoms with Gasteiger partial charge < -0.3 is 4.48 Å². The first-order valence-electron chi connectivity index (χ1n) is 6.11. The highest BCUT2D eigenvalue weighted by molar-refractivity contribution is 5.13. The van der Waals surface area contributed by atoms with Crippen LogP contribution < -0.4 is 0 Å². The second kappa shape index (κ2) is 5.14. The molecule has 2 heteroatoms. The second-order valence-corrected chi connectivity index (χ2v) is 4.81. The molecule has 0 atom stereocenters. The van der Waals surface area contributed by atoms with Crippen molar-refractivity contribution in [1.82, 2.24) is 0 Å². The van der Waals surface area contributed by atoms with Crippen LogP contribution in [0.25, 0.3) is 0 Å². The summed E-state index contributed by atoms with van der Waals surface area (Å²) < 4.78 is 0.973. The number of rotatable bonds is 3. The largest absolute Gasteiger partial charge is 0.308 e. The van der Waals surface area contributed by atoms with Gasteiger partial charge in [-0.3, -0.25) is 0 Å². The lowest BCUT2D eigenvalue weighted by molar-refractivity contribution is -0.938. The number of piperidine rings is 1. The van der Waals surface area contributed by atoms with Gasteiger partial charge in [-0.15, -0.1) is 0 Å². The van der Waals surface area contributed by atoms with Gasteiger partial charge in [0.2, 0.25) is 0 Å². The fourth-order valence-electron chi connectivity index (χ4n) is 2.68. The first kappa shape index (κ1) is 11.2. The Balaban J connectivity index is 2.11. The van der Waals surface area contributed by atoms with Gasteiger partial charge >= 0.3 is 0 Å². The first-order chi connectivity index (χ1) is 7.85. The van der Waals surface area contributed by atoms with Gasteiger partial charge in [-0.2, -0.15) is 5.26 Å². The van der Waals surface area contributed by atoms with Crippen molar-refractivity contribution >= 4 is 0 Å². The van der Waals surface area contributed by atoms with Crippen molar-refractivity contribution in [2.24, 2.45) is 0 Å². The summed E-state index contributed by atoms with van der Waals surface area (Å²) >= 11 is 0. The Morgan fingerprint density at radius 1 is 1.06 bits per heavy atom. The lowest BCUT2D eigenvalue weighted by atomic mass is 10.1. The number of benzene rings is 1. The van der Waals surface area contributed by atoms with Crippen LogP contribution in [0.3, 0.4) is 0 Å². The Morgan fingerprint density at radius 2 is 1.75 bits per heavy atom. The summed E-state index contributed by atoms with van der Waals surface area (Å²) in [5, 5.41) is 9.00. The van der Waals surface area contributed by atoms with Crippen molar-refractivity contribution in [3.05, 3.63) is 35.9 Å². The zero-order valence-corrected chi connectivity index (χ0v) is 9.73. The van der Waals surface area contributed by atoms with Crippen LogP contribution in [-0.4, -0.2) is 24.1 Å². The lowest BCUT2D eigenvalue weighted by Crippen LogP contribution is -2.50. The predicted octanol–water partition coefficient (Wildman–Crippen LogP) is 2.71. The van der Waals surface area contributed by atoms with E-state index >= 15 is 0 Å². The second-order valence-electron chi connectivity index (χ2n) is 4.81. The van der Waals surface area contributed by atoms with Crippen molar-refractivity contribution in [2.75, 3.05) is 19.6 Å². The summed E-state index contributed by atoms with van der Waals surface area (Å²) in [7, 11) is 0. The molecule has 0 N–H and O–H groups in total. The van der Waals surface area contributed by atoms with E-state index in [0.29, 0.717) is 6.54 Å². The Hall–Kier alpha value is -1.33. The fourth-order valence-corrected chi connectivity index (χ4v) is 2.68. The number of quaternary nitrogens is 1. The average Bonchev–Trinajstić information content (AvgIpc) is 2.31. The van der Waals surface area contributed by atoms with Crippen molar-refractivity contribution in [3.8, 4) is 6.07 Å². The molecule has 0 saturated carbocycles. The summed E-state index contributed by atoms with van der Waals surface area (Å²) in [4.78, 5) is 0. The van der Waals surface area contributed by atoms with E-state index in [-0.39, 0.29) is 0 Å². The van der Waals surface area contributed by atoms with Gasteiger partial charge in [-0.25, -0.2) is 0 Å². The molecule has 1 aliphatic heterocycles. The summed E-state index contributed by atoms with van der Waals surface area (Å²) in [6, 6.07) is 12.9. The third-order valence-corrected chi connectivity index (χ3v) is 3.53. The monoisotopic (exact) mass is 215 g/mol. The molecule has 0 aromatic heterocycles. The predicted molar refractivity (Wildman–Crippen MR) is 64.5 cm³/mol. The first-order valence-corrected chi connectivity index (χ1v) is 6.11. The molecule has 16 heavy (non-hydrogen) atoms. The van der Waals surface area contributed by atoms with Crippen molar-refractivity contribution in [3.63, 3.8) is 0 Å².